The molecule has 128 valence electrons. The van der Waals surface area contributed by atoms with Crippen LogP contribution < -0.4 is 10.6 Å². The van der Waals surface area contributed by atoms with Crippen molar-refractivity contribution in [1.29, 1.82) is 0 Å². The lowest BCUT2D eigenvalue weighted by atomic mass is 10.0. The molecule has 0 unspecified atom stereocenters. The van der Waals surface area contributed by atoms with Gasteiger partial charge in [-0.3, -0.25) is 9.48 Å². The molecule has 1 aliphatic rings. The van der Waals surface area contributed by atoms with Crippen molar-refractivity contribution in [3.8, 4) is 0 Å². The van der Waals surface area contributed by atoms with Gasteiger partial charge >= 0.3 is 0 Å². The summed E-state index contributed by atoms with van der Waals surface area (Å²) in [5, 5.41) is 10.8. The van der Waals surface area contributed by atoms with Gasteiger partial charge in [0.2, 0.25) is 5.91 Å². The van der Waals surface area contributed by atoms with Crippen LogP contribution in [0.15, 0.2) is 48.8 Å². The number of nitrogens with one attached hydrogen (secondary N) is 2. The van der Waals surface area contributed by atoms with E-state index in [4.69, 9.17) is 0 Å². The van der Waals surface area contributed by atoms with Gasteiger partial charge in [-0.15, -0.1) is 0 Å². The minimum atomic E-state index is 0.0512. The fraction of sp³-hybridized carbons (Fsp3) is 0.474. The van der Waals surface area contributed by atoms with E-state index in [2.05, 4.69) is 41.7 Å². The zero-order valence-corrected chi connectivity index (χ0v) is 14.4. The summed E-state index contributed by atoms with van der Waals surface area (Å²) in [7, 11) is 0. The van der Waals surface area contributed by atoms with Gasteiger partial charge in [0.05, 0.1) is 18.6 Å². The first-order valence-electron chi connectivity index (χ1n) is 8.72. The van der Waals surface area contributed by atoms with Crippen LogP contribution in [0, 0.1) is 5.92 Å². The molecule has 3 atom stereocenters. The number of nitrogens with zero attached hydrogens (tertiary/aromatic N) is 2. The lowest BCUT2D eigenvalue weighted by Crippen LogP contribution is -2.42. The van der Waals surface area contributed by atoms with Gasteiger partial charge in [0.1, 0.15) is 0 Å². The van der Waals surface area contributed by atoms with Gasteiger partial charge in [-0.25, -0.2) is 0 Å². The highest BCUT2D eigenvalue weighted by Gasteiger charge is 2.33. The third-order valence-electron chi connectivity index (χ3n) is 4.82. The molecule has 1 amide bonds. The normalized spacial score (nSPS) is 17.9. The highest BCUT2D eigenvalue weighted by Crippen LogP contribution is 2.40. The van der Waals surface area contributed by atoms with Crippen LogP contribution in [0.2, 0.25) is 0 Å². The molecule has 0 bridgehead atoms. The molecule has 5 nitrogen and oxygen atoms in total. The van der Waals surface area contributed by atoms with Crippen LogP contribution in [0.3, 0.4) is 0 Å². The second-order valence-corrected chi connectivity index (χ2v) is 6.69. The molecule has 1 saturated carbocycles. The Morgan fingerprint density at radius 1 is 1.25 bits per heavy atom. The molecule has 24 heavy (non-hydrogen) atoms. The number of aromatic nitrogens is 2. The highest BCUT2D eigenvalue weighted by atomic mass is 16.2. The molecule has 2 N–H and O–H groups in total. The summed E-state index contributed by atoms with van der Waals surface area (Å²) in [6, 6.07) is 12.7. The van der Waals surface area contributed by atoms with Crippen molar-refractivity contribution in [2.75, 3.05) is 6.54 Å². The van der Waals surface area contributed by atoms with Crippen molar-refractivity contribution in [3.63, 3.8) is 0 Å². The molecule has 3 rings (SSSR count). The maximum atomic E-state index is 12.4. The number of benzene rings is 1. The van der Waals surface area contributed by atoms with E-state index in [1.165, 1.54) is 18.4 Å². The molecular weight excluding hydrogens is 300 g/mol. The number of hydrogen-bond donors (Lipinski definition) is 2. The Balaban J connectivity index is 1.51. The molecule has 2 aromatic rings. The zero-order chi connectivity index (χ0) is 16.9. The lowest BCUT2D eigenvalue weighted by Gasteiger charge is -2.23. The third kappa shape index (κ3) is 4.23. The average Bonchev–Trinajstić information content (AvgIpc) is 3.30. The Hall–Kier alpha value is -2.14. The second-order valence-electron chi connectivity index (χ2n) is 6.69. The summed E-state index contributed by atoms with van der Waals surface area (Å²) < 4.78 is 1.91. The van der Waals surface area contributed by atoms with Crippen molar-refractivity contribution in [2.24, 2.45) is 5.92 Å². The predicted molar refractivity (Wildman–Crippen MR) is 94.5 cm³/mol. The van der Waals surface area contributed by atoms with Gasteiger partial charge in [0, 0.05) is 18.4 Å². The lowest BCUT2D eigenvalue weighted by molar-refractivity contribution is -0.121. The molecule has 1 fully saturated rings. The predicted octanol–water partition coefficient (Wildman–Crippen LogP) is 2.69. The molecule has 1 aromatic carbocycles. The third-order valence-corrected chi connectivity index (χ3v) is 4.82. The van der Waals surface area contributed by atoms with Crippen molar-refractivity contribution >= 4 is 5.91 Å². The molecule has 5 heteroatoms. The van der Waals surface area contributed by atoms with Crippen LogP contribution in [0.4, 0.5) is 0 Å². The van der Waals surface area contributed by atoms with E-state index in [9.17, 15) is 4.79 Å². The van der Waals surface area contributed by atoms with E-state index in [0.717, 1.165) is 0 Å². The molecule has 1 aromatic heterocycles. The van der Waals surface area contributed by atoms with Crippen LogP contribution in [-0.4, -0.2) is 28.3 Å². The zero-order valence-electron chi connectivity index (χ0n) is 14.4. The fourth-order valence-corrected chi connectivity index (χ4v) is 2.96. The maximum absolute atomic E-state index is 12.4. The summed E-state index contributed by atoms with van der Waals surface area (Å²) in [6.45, 7) is 4.50. The Morgan fingerprint density at radius 3 is 2.62 bits per heavy atom. The minimum Gasteiger partial charge on any atom is -0.348 e. The number of hydrogen-bond acceptors (Lipinski definition) is 3. The average molecular weight is 326 g/mol. The molecule has 0 aliphatic heterocycles. The van der Waals surface area contributed by atoms with Crippen LogP contribution in [0.25, 0.3) is 0 Å². The van der Waals surface area contributed by atoms with Gasteiger partial charge in [-0.05, 0) is 44.2 Å². The molecular formula is C19H26N4O. The Labute approximate surface area is 143 Å². The molecule has 1 heterocycles. The second kappa shape index (κ2) is 7.62. The van der Waals surface area contributed by atoms with E-state index < -0.39 is 0 Å². The Bertz CT molecular complexity index is 637. The summed E-state index contributed by atoms with van der Waals surface area (Å²) in [6.07, 6.45) is 6.11. The van der Waals surface area contributed by atoms with Crippen LogP contribution in [0.5, 0.6) is 0 Å². The van der Waals surface area contributed by atoms with Gasteiger partial charge in [0.25, 0.3) is 0 Å². The first-order chi connectivity index (χ1) is 11.6. The fourth-order valence-electron chi connectivity index (χ4n) is 2.96. The molecule has 0 saturated heterocycles. The summed E-state index contributed by atoms with van der Waals surface area (Å²) in [5.41, 5.74) is 1.20. The van der Waals surface area contributed by atoms with E-state index in [-0.39, 0.29) is 24.0 Å². The number of amides is 1. The monoisotopic (exact) mass is 326 g/mol. The van der Waals surface area contributed by atoms with Crippen LogP contribution in [-0.2, 0) is 4.79 Å². The van der Waals surface area contributed by atoms with Crippen LogP contribution in [0.1, 0.15) is 44.3 Å². The van der Waals surface area contributed by atoms with Crippen molar-refractivity contribution in [1.82, 2.24) is 20.4 Å². The van der Waals surface area contributed by atoms with Crippen molar-refractivity contribution in [3.05, 3.63) is 54.4 Å². The molecule has 1 aliphatic carbocycles. The van der Waals surface area contributed by atoms with Crippen molar-refractivity contribution in [2.45, 2.75) is 44.8 Å². The summed E-state index contributed by atoms with van der Waals surface area (Å²) >= 11 is 0. The summed E-state index contributed by atoms with van der Waals surface area (Å²) in [4.78, 5) is 12.4. The van der Waals surface area contributed by atoms with E-state index in [1.807, 2.05) is 35.1 Å². The molecule has 0 spiro atoms. The molecule has 0 radical (unpaired) electrons. The van der Waals surface area contributed by atoms with E-state index in [1.54, 1.807) is 6.20 Å². The van der Waals surface area contributed by atoms with E-state index >= 15 is 0 Å². The smallest absolute Gasteiger partial charge is 0.234 e. The van der Waals surface area contributed by atoms with Gasteiger partial charge in [-0.2, -0.15) is 5.10 Å². The van der Waals surface area contributed by atoms with Gasteiger partial charge in [0.15, 0.2) is 0 Å². The standard InChI is InChI=1S/C19H26N4O/c1-14(15(2)23-12-6-11-21-23)20-13-18(24)22-19(17-9-10-17)16-7-4-3-5-8-16/h3-8,11-12,14-15,17,19-20H,9-10,13H2,1-2H3,(H,22,24)/t14-,15-,19-/m0/s1. The number of rotatable bonds is 8. The maximum Gasteiger partial charge on any atom is 0.234 e. The highest BCUT2D eigenvalue weighted by molar-refractivity contribution is 5.78. The Morgan fingerprint density at radius 2 is 2.00 bits per heavy atom. The van der Waals surface area contributed by atoms with Gasteiger partial charge in [-0.1, -0.05) is 30.3 Å². The quantitative estimate of drug-likeness (QED) is 0.784. The first-order valence-corrected chi connectivity index (χ1v) is 8.72. The van der Waals surface area contributed by atoms with Crippen LogP contribution >= 0.6 is 0 Å². The largest absolute Gasteiger partial charge is 0.348 e. The number of carbonyl (C=O) groups excluding carboxylic acids is 1. The minimum absolute atomic E-state index is 0.0512. The van der Waals surface area contributed by atoms with Gasteiger partial charge < -0.3 is 10.6 Å². The number of carbonyl (C=O) groups is 1. The SMILES string of the molecule is C[C@H](NCC(=O)N[C@@H](c1ccccc1)C1CC1)[C@H](C)n1cccn1. The van der Waals surface area contributed by atoms with E-state index in [0.29, 0.717) is 12.5 Å². The Kier molecular flexibility index (Phi) is 5.30. The topological polar surface area (TPSA) is 59.0 Å². The summed E-state index contributed by atoms with van der Waals surface area (Å²) in [5.74, 6) is 0.632. The van der Waals surface area contributed by atoms with Crippen molar-refractivity contribution < 1.29 is 4.79 Å². The first kappa shape index (κ1) is 16.7.